The maximum atomic E-state index is 12.1. The Morgan fingerprint density at radius 1 is 1.03 bits per heavy atom. The fourth-order valence-corrected chi connectivity index (χ4v) is 3.82. The van der Waals surface area contributed by atoms with Gasteiger partial charge in [0.15, 0.2) is 5.96 Å². The molecule has 0 spiro atoms. The number of hydrogen-bond donors (Lipinski definition) is 3. The van der Waals surface area contributed by atoms with Crippen LogP contribution < -0.4 is 20.9 Å². The Hall–Kier alpha value is -3.02. The first kappa shape index (κ1) is 22.7. The van der Waals surface area contributed by atoms with E-state index in [1.165, 1.54) is 24.1 Å². The van der Waals surface area contributed by atoms with Crippen molar-refractivity contribution in [3.8, 4) is 0 Å². The molecule has 166 valence electrons. The number of rotatable bonds is 8. The number of guanidine groups is 1. The molecule has 6 heteroatoms. The minimum atomic E-state index is -0.0510. The molecule has 0 bridgehead atoms. The van der Waals surface area contributed by atoms with Gasteiger partial charge in [-0.2, -0.15) is 0 Å². The van der Waals surface area contributed by atoms with Crippen LogP contribution >= 0.6 is 0 Å². The summed E-state index contributed by atoms with van der Waals surface area (Å²) in [4.78, 5) is 19.3. The molecule has 2 aromatic carbocycles. The van der Waals surface area contributed by atoms with E-state index in [-0.39, 0.29) is 11.9 Å². The summed E-state index contributed by atoms with van der Waals surface area (Å²) in [5.74, 6) is 0.717. The Kier molecular flexibility index (Phi) is 8.33. The number of carbonyl (C=O) groups is 1. The van der Waals surface area contributed by atoms with Crippen LogP contribution in [0.15, 0.2) is 53.5 Å². The molecule has 0 saturated carbocycles. The highest BCUT2D eigenvalue weighted by atomic mass is 16.1. The van der Waals surface area contributed by atoms with E-state index in [2.05, 4.69) is 59.0 Å². The SMILES string of the molecule is CCNC(=O)c1cccc(CN=C(NCC)NC(C)c2cccc(N3CCCC3)c2)c1. The number of carbonyl (C=O) groups excluding carboxylic acids is 1. The first-order valence-electron chi connectivity index (χ1n) is 11.4. The number of anilines is 1. The van der Waals surface area contributed by atoms with Crippen molar-refractivity contribution in [3.05, 3.63) is 65.2 Å². The molecule has 0 aromatic heterocycles. The van der Waals surface area contributed by atoms with E-state index < -0.39 is 0 Å². The van der Waals surface area contributed by atoms with Crippen LogP contribution in [0.1, 0.15) is 61.1 Å². The van der Waals surface area contributed by atoms with Crippen LogP contribution in [0.25, 0.3) is 0 Å². The van der Waals surface area contributed by atoms with Gasteiger partial charge in [-0.05, 0) is 69.0 Å². The molecule has 1 saturated heterocycles. The standard InChI is InChI=1S/C25H35N5O/c1-4-26-24(31)22-12-8-10-20(16-22)18-28-25(27-5-2)29-19(3)21-11-9-13-23(17-21)30-14-6-7-15-30/h8-13,16-17,19H,4-7,14-15,18H2,1-3H3,(H,26,31)(H2,27,28,29). The van der Waals surface area contributed by atoms with E-state index in [1.54, 1.807) is 0 Å². The van der Waals surface area contributed by atoms with Crippen molar-refractivity contribution >= 4 is 17.6 Å². The Bertz CT molecular complexity index is 889. The highest BCUT2D eigenvalue weighted by Crippen LogP contribution is 2.24. The topological polar surface area (TPSA) is 68.8 Å². The van der Waals surface area contributed by atoms with Gasteiger partial charge in [-0.3, -0.25) is 4.79 Å². The Morgan fingerprint density at radius 2 is 1.77 bits per heavy atom. The highest BCUT2D eigenvalue weighted by molar-refractivity contribution is 5.94. The quantitative estimate of drug-likeness (QED) is 0.447. The molecule has 1 heterocycles. The maximum Gasteiger partial charge on any atom is 0.251 e. The molecule has 0 radical (unpaired) electrons. The van der Waals surface area contributed by atoms with Crippen molar-refractivity contribution in [2.75, 3.05) is 31.1 Å². The third kappa shape index (κ3) is 6.48. The fraction of sp³-hybridized carbons (Fsp3) is 0.440. The predicted octanol–water partition coefficient (Wildman–Crippen LogP) is 3.85. The van der Waals surface area contributed by atoms with E-state index in [9.17, 15) is 4.79 Å². The highest BCUT2D eigenvalue weighted by Gasteiger charge is 2.14. The first-order valence-corrected chi connectivity index (χ1v) is 11.4. The Labute approximate surface area is 186 Å². The van der Waals surface area contributed by atoms with Crippen LogP contribution in [0.2, 0.25) is 0 Å². The lowest BCUT2D eigenvalue weighted by Crippen LogP contribution is -2.38. The van der Waals surface area contributed by atoms with E-state index in [4.69, 9.17) is 4.99 Å². The molecule has 3 rings (SSSR count). The predicted molar refractivity (Wildman–Crippen MR) is 129 cm³/mol. The second kappa shape index (κ2) is 11.4. The summed E-state index contributed by atoms with van der Waals surface area (Å²) >= 11 is 0. The van der Waals surface area contributed by atoms with Gasteiger partial charge in [0, 0.05) is 37.4 Å². The number of nitrogens with zero attached hydrogens (tertiary/aromatic N) is 2. The summed E-state index contributed by atoms with van der Waals surface area (Å²) in [6.45, 7) is 10.3. The van der Waals surface area contributed by atoms with Crippen molar-refractivity contribution < 1.29 is 4.79 Å². The van der Waals surface area contributed by atoms with Gasteiger partial charge in [0.05, 0.1) is 12.6 Å². The van der Waals surface area contributed by atoms with Gasteiger partial charge in [-0.1, -0.05) is 24.3 Å². The molecule has 6 nitrogen and oxygen atoms in total. The molecule has 1 aliphatic rings. The molecule has 2 aromatic rings. The molecule has 31 heavy (non-hydrogen) atoms. The molecular formula is C25H35N5O. The fourth-order valence-electron chi connectivity index (χ4n) is 3.82. The molecule has 1 amide bonds. The second-order valence-electron chi connectivity index (χ2n) is 7.91. The Morgan fingerprint density at radius 3 is 2.52 bits per heavy atom. The summed E-state index contributed by atoms with van der Waals surface area (Å²) in [6.07, 6.45) is 2.55. The van der Waals surface area contributed by atoms with Crippen molar-refractivity contribution in [3.63, 3.8) is 0 Å². The molecule has 0 aliphatic carbocycles. The van der Waals surface area contributed by atoms with E-state index in [1.807, 2.05) is 31.2 Å². The molecule has 1 atom stereocenters. The summed E-state index contributed by atoms with van der Waals surface area (Å²) in [7, 11) is 0. The minimum absolute atomic E-state index is 0.0510. The number of hydrogen-bond acceptors (Lipinski definition) is 3. The van der Waals surface area contributed by atoms with Crippen LogP contribution in [-0.4, -0.2) is 38.0 Å². The van der Waals surface area contributed by atoms with Gasteiger partial charge in [0.1, 0.15) is 0 Å². The van der Waals surface area contributed by atoms with Gasteiger partial charge in [-0.25, -0.2) is 4.99 Å². The first-order chi connectivity index (χ1) is 15.1. The molecule has 1 fully saturated rings. The van der Waals surface area contributed by atoms with Gasteiger partial charge >= 0.3 is 0 Å². The smallest absolute Gasteiger partial charge is 0.251 e. The van der Waals surface area contributed by atoms with Gasteiger partial charge < -0.3 is 20.9 Å². The van der Waals surface area contributed by atoms with Crippen LogP contribution in [-0.2, 0) is 6.54 Å². The lowest BCUT2D eigenvalue weighted by molar-refractivity contribution is 0.0955. The summed E-state index contributed by atoms with van der Waals surface area (Å²) in [5, 5.41) is 9.69. The maximum absolute atomic E-state index is 12.1. The van der Waals surface area contributed by atoms with Crippen LogP contribution in [0, 0.1) is 0 Å². The average Bonchev–Trinajstić information content (AvgIpc) is 3.33. The van der Waals surface area contributed by atoms with Gasteiger partial charge in [0.2, 0.25) is 0 Å². The number of nitrogens with one attached hydrogen (secondary N) is 3. The zero-order valence-electron chi connectivity index (χ0n) is 18.9. The summed E-state index contributed by atoms with van der Waals surface area (Å²) in [5.41, 5.74) is 4.21. The number of amides is 1. The number of benzene rings is 2. The number of aliphatic imine (C=N–C) groups is 1. The largest absolute Gasteiger partial charge is 0.372 e. The Balaban J connectivity index is 1.68. The van der Waals surface area contributed by atoms with Gasteiger partial charge in [0.25, 0.3) is 5.91 Å². The third-order valence-electron chi connectivity index (χ3n) is 5.49. The van der Waals surface area contributed by atoms with Gasteiger partial charge in [-0.15, -0.1) is 0 Å². The third-order valence-corrected chi connectivity index (χ3v) is 5.49. The lowest BCUT2D eigenvalue weighted by atomic mass is 10.1. The summed E-state index contributed by atoms with van der Waals surface area (Å²) < 4.78 is 0. The normalized spacial score (nSPS) is 14.9. The monoisotopic (exact) mass is 421 g/mol. The van der Waals surface area contributed by atoms with E-state index >= 15 is 0 Å². The molecular weight excluding hydrogens is 386 g/mol. The van der Waals surface area contributed by atoms with Crippen LogP contribution in [0.4, 0.5) is 5.69 Å². The zero-order chi connectivity index (χ0) is 22.1. The van der Waals surface area contributed by atoms with Crippen LogP contribution in [0.5, 0.6) is 0 Å². The van der Waals surface area contributed by atoms with Crippen molar-refractivity contribution in [2.24, 2.45) is 4.99 Å². The van der Waals surface area contributed by atoms with Crippen molar-refractivity contribution in [2.45, 2.75) is 46.2 Å². The minimum Gasteiger partial charge on any atom is -0.372 e. The summed E-state index contributed by atoms with van der Waals surface area (Å²) in [6, 6.07) is 16.5. The van der Waals surface area contributed by atoms with Crippen LogP contribution in [0.3, 0.4) is 0 Å². The van der Waals surface area contributed by atoms with Crippen molar-refractivity contribution in [1.29, 1.82) is 0 Å². The van der Waals surface area contributed by atoms with Crippen molar-refractivity contribution in [1.82, 2.24) is 16.0 Å². The average molecular weight is 422 g/mol. The van der Waals surface area contributed by atoms with E-state index in [0.717, 1.165) is 31.2 Å². The zero-order valence-corrected chi connectivity index (χ0v) is 18.9. The molecule has 3 N–H and O–H groups in total. The second-order valence-corrected chi connectivity index (χ2v) is 7.91. The lowest BCUT2D eigenvalue weighted by Gasteiger charge is -2.22. The van der Waals surface area contributed by atoms with E-state index in [0.29, 0.717) is 18.7 Å². The molecule has 1 unspecified atom stereocenters. The molecule has 1 aliphatic heterocycles.